The van der Waals surface area contributed by atoms with E-state index in [1.807, 2.05) is 12.1 Å². The highest BCUT2D eigenvalue weighted by Crippen LogP contribution is 2.45. The molecule has 0 saturated heterocycles. The van der Waals surface area contributed by atoms with E-state index in [0.717, 1.165) is 5.92 Å². The monoisotopic (exact) mass is 238 g/mol. The first-order chi connectivity index (χ1) is 7.70. The minimum Gasteiger partial charge on any atom is -0.506 e. The number of aromatic hydroxyl groups is 1. The van der Waals surface area contributed by atoms with E-state index in [0.29, 0.717) is 10.9 Å². The van der Waals surface area contributed by atoms with Crippen LogP contribution >= 0.6 is 11.6 Å². The van der Waals surface area contributed by atoms with Crippen LogP contribution < -0.4 is 0 Å². The standard InChI is InChI=1S/C14H19ClO/c1-2-3-4-10-7-12(8-10)11-5-6-14(16)13(15)9-11/h5-6,9-10,12,16H,2-4,7-8H2,1H3. The molecule has 0 heterocycles. The molecule has 0 amide bonds. The normalized spacial score (nSPS) is 24.1. The Morgan fingerprint density at radius 1 is 1.38 bits per heavy atom. The first-order valence-corrected chi connectivity index (χ1v) is 6.57. The van der Waals surface area contributed by atoms with Crippen LogP contribution in [0.25, 0.3) is 0 Å². The molecule has 0 bridgehead atoms. The van der Waals surface area contributed by atoms with Crippen LogP contribution in [0.15, 0.2) is 18.2 Å². The molecule has 0 atom stereocenters. The molecule has 2 heteroatoms. The Balaban J connectivity index is 1.89. The number of unbranched alkanes of at least 4 members (excludes halogenated alkanes) is 1. The van der Waals surface area contributed by atoms with Crippen molar-refractivity contribution in [1.29, 1.82) is 0 Å². The molecule has 1 fully saturated rings. The fourth-order valence-corrected chi connectivity index (χ4v) is 2.70. The van der Waals surface area contributed by atoms with E-state index in [4.69, 9.17) is 11.6 Å². The molecule has 1 saturated carbocycles. The Hall–Kier alpha value is -0.690. The van der Waals surface area contributed by atoms with E-state index >= 15 is 0 Å². The SMILES string of the molecule is CCCCC1CC(c2ccc(O)c(Cl)c2)C1. The minimum absolute atomic E-state index is 0.187. The van der Waals surface area contributed by atoms with Gasteiger partial charge in [-0.15, -0.1) is 0 Å². The predicted molar refractivity (Wildman–Crippen MR) is 68.1 cm³/mol. The highest BCUT2D eigenvalue weighted by Gasteiger charge is 2.29. The Bertz CT molecular complexity index is 356. The number of halogens is 1. The second-order valence-electron chi connectivity index (χ2n) is 4.89. The van der Waals surface area contributed by atoms with Crippen molar-refractivity contribution in [3.8, 4) is 5.75 Å². The lowest BCUT2D eigenvalue weighted by molar-refractivity contribution is 0.243. The summed E-state index contributed by atoms with van der Waals surface area (Å²) in [4.78, 5) is 0. The van der Waals surface area contributed by atoms with Crippen LogP contribution in [0.3, 0.4) is 0 Å². The summed E-state index contributed by atoms with van der Waals surface area (Å²) in [5.74, 6) is 1.77. The first-order valence-electron chi connectivity index (χ1n) is 6.19. The lowest BCUT2D eigenvalue weighted by Gasteiger charge is -2.36. The van der Waals surface area contributed by atoms with E-state index in [9.17, 15) is 5.11 Å². The van der Waals surface area contributed by atoms with Crippen LogP contribution in [0.1, 0.15) is 50.5 Å². The van der Waals surface area contributed by atoms with E-state index in [-0.39, 0.29) is 5.75 Å². The van der Waals surface area contributed by atoms with Gasteiger partial charge in [-0.2, -0.15) is 0 Å². The zero-order chi connectivity index (χ0) is 11.5. The topological polar surface area (TPSA) is 20.2 Å². The second kappa shape index (κ2) is 5.09. The van der Waals surface area contributed by atoms with Gasteiger partial charge in [0.25, 0.3) is 0 Å². The van der Waals surface area contributed by atoms with Gasteiger partial charge >= 0.3 is 0 Å². The third-order valence-electron chi connectivity index (χ3n) is 3.64. The maximum Gasteiger partial charge on any atom is 0.134 e. The number of hydrogen-bond acceptors (Lipinski definition) is 1. The van der Waals surface area contributed by atoms with E-state index in [1.165, 1.54) is 37.7 Å². The molecule has 1 aliphatic rings. The maximum absolute atomic E-state index is 9.35. The molecule has 1 nitrogen and oxygen atoms in total. The summed E-state index contributed by atoms with van der Waals surface area (Å²) in [5.41, 5.74) is 1.29. The lowest BCUT2D eigenvalue weighted by Crippen LogP contribution is -2.21. The van der Waals surface area contributed by atoms with Gasteiger partial charge in [-0.1, -0.05) is 43.9 Å². The molecule has 0 aromatic heterocycles. The van der Waals surface area contributed by atoms with Crippen LogP contribution in [0.5, 0.6) is 5.75 Å². The molecule has 0 unspecified atom stereocenters. The van der Waals surface area contributed by atoms with Crippen molar-refractivity contribution >= 4 is 11.6 Å². The van der Waals surface area contributed by atoms with Crippen molar-refractivity contribution in [3.63, 3.8) is 0 Å². The van der Waals surface area contributed by atoms with Gasteiger partial charge in [0.2, 0.25) is 0 Å². The fourth-order valence-electron chi connectivity index (χ4n) is 2.51. The van der Waals surface area contributed by atoms with Gasteiger partial charge in [0, 0.05) is 0 Å². The molecule has 1 aliphatic carbocycles. The second-order valence-corrected chi connectivity index (χ2v) is 5.29. The number of phenolic OH excluding ortho intramolecular Hbond substituents is 1. The fraction of sp³-hybridized carbons (Fsp3) is 0.571. The molecule has 1 aromatic rings. The average molecular weight is 239 g/mol. The van der Waals surface area contributed by atoms with Gasteiger partial charge in [0.15, 0.2) is 0 Å². The van der Waals surface area contributed by atoms with Crippen LogP contribution in [0.2, 0.25) is 5.02 Å². The minimum atomic E-state index is 0.187. The third kappa shape index (κ3) is 2.52. The Labute approximate surface area is 102 Å². The van der Waals surface area contributed by atoms with E-state index < -0.39 is 0 Å². The number of rotatable bonds is 4. The quantitative estimate of drug-likeness (QED) is 0.804. The molecule has 88 valence electrons. The van der Waals surface area contributed by atoms with Gasteiger partial charge in [-0.3, -0.25) is 0 Å². The summed E-state index contributed by atoms with van der Waals surface area (Å²) in [6.07, 6.45) is 6.61. The van der Waals surface area contributed by atoms with E-state index in [1.54, 1.807) is 6.07 Å². The van der Waals surface area contributed by atoms with Crippen LogP contribution in [-0.2, 0) is 0 Å². The summed E-state index contributed by atoms with van der Waals surface area (Å²) in [5, 5.41) is 9.83. The molecular formula is C14H19ClO. The van der Waals surface area contributed by atoms with Gasteiger partial charge in [0.05, 0.1) is 5.02 Å². The molecule has 1 aromatic carbocycles. The van der Waals surface area contributed by atoms with Gasteiger partial charge in [0.1, 0.15) is 5.75 Å². The number of hydrogen-bond donors (Lipinski definition) is 1. The summed E-state index contributed by atoms with van der Waals surface area (Å²) < 4.78 is 0. The Morgan fingerprint density at radius 2 is 2.12 bits per heavy atom. The van der Waals surface area contributed by atoms with Crippen molar-refractivity contribution < 1.29 is 5.11 Å². The maximum atomic E-state index is 9.35. The number of phenols is 1. The number of benzene rings is 1. The van der Waals surface area contributed by atoms with Crippen LogP contribution in [0, 0.1) is 5.92 Å². The summed E-state index contributed by atoms with van der Waals surface area (Å²) in [6, 6.07) is 5.62. The lowest BCUT2D eigenvalue weighted by atomic mass is 9.69. The van der Waals surface area contributed by atoms with Crippen molar-refractivity contribution in [2.45, 2.75) is 44.9 Å². The van der Waals surface area contributed by atoms with Gasteiger partial charge < -0.3 is 5.11 Å². The van der Waals surface area contributed by atoms with Crippen molar-refractivity contribution in [2.24, 2.45) is 5.92 Å². The van der Waals surface area contributed by atoms with E-state index in [2.05, 4.69) is 6.92 Å². The summed E-state index contributed by atoms with van der Waals surface area (Å²) in [6.45, 7) is 2.25. The molecular weight excluding hydrogens is 220 g/mol. The van der Waals surface area contributed by atoms with Crippen molar-refractivity contribution in [2.75, 3.05) is 0 Å². The summed E-state index contributed by atoms with van der Waals surface area (Å²) >= 11 is 5.91. The van der Waals surface area contributed by atoms with Crippen LogP contribution in [0.4, 0.5) is 0 Å². The molecule has 16 heavy (non-hydrogen) atoms. The Morgan fingerprint density at radius 3 is 2.75 bits per heavy atom. The van der Waals surface area contributed by atoms with Crippen molar-refractivity contribution in [3.05, 3.63) is 28.8 Å². The first kappa shape index (κ1) is 11.8. The Kier molecular flexibility index (Phi) is 3.75. The summed E-state index contributed by atoms with van der Waals surface area (Å²) in [7, 11) is 0. The molecule has 0 spiro atoms. The highest BCUT2D eigenvalue weighted by atomic mass is 35.5. The van der Waals surface area contributed by atoms with Crippen molar-refractivity contribution in [1.82, 2.24) is 0 Å². The zero-order valence-corrected chi connectivity index (χ0v) is 10.5. The molecule has 0 aliphatic heterocycles. The van der Waals surface area contributed by atoms with Gasteiger partial charge in [-0.05, 0) is 42.4 Å². The largest absolute Gasteiger partial charge is 0.506 e. The highest BCUT2D eigenvalue weighted by molar-refractivity contribution is 6.32. The zero-order valence-electron chi connectivity index (χ0n) is 9.75. The third-order valence-corrected chi connectivity index (χ3v) is 3.95. The predicted octanol–water partition coefficient (Wildman–Crippen LogP) is 4.73. The average Bonchev–Trinajstić information content (AvgIpc) is 2.21. The molecule has 1 N–H and O–H groups in total. The molecule has 0 radical (unpaired) electrons. The van der Waals surface area contributed by atoms with Crippen LogP contribution in [-0.4, -0.2) is 5.11 Å². The molecule has 2 rings (SSSR count). The van der Waals surface area contributed by atoms with Gasteiger partial charge in [-0.25, -0.2) is 0 Å². The smallest absolute Gasteiger partial charge is 0.134 e.